The Balaban J connectivity index is 2.25. The number of alkyl halides is 2. The minimum atomic E-state index is 0.0445. The van der Waals surface area contributed by atoms with Crippen LogP contribution in [0.1, 0.15) is 19.4 Å². The maximum absolute atomic E-state index is 10.5. The summed E-state index contributed by atoms with van der Waals surface area (Å²) >= 11 is 12.2. The van der Waals surface area contributed by atoms with Crippen molar-refractivity contribution in [1.82, 2.24) is 4.90 Å². The van der Waals surface area contributed by atoms with Crippen molar-refractivity contribution >= 4 is 34.0 Å². The number of fused-ring (bicyclic) bond motifs is 1. The minimum absolute atomic E-state index is 0.0445. The Kier molecular flexibility index (Phi) is 5.74. The predicted octanol–water partition coefficient (Wildman–Crippen LogP) is 4.60. The molecule has 0 spiro atoms. The lowest BCUT2D eigenvalue weighted by molar-refractivity contribution is 0.267. The molecule has 0 aliphatic carbocycles. The molecule has 0 aromatic heterocycles. The van der Waals surface area contributed by atoms with E-state index in [9.17, 15) is 5.11 Å². The molecule has 2 rings (SSSR count). The van der Waals surface area contributed by atoms with Gasteiger partial charge >= 0.3 is 0 Å². The van der Waals surface area contributed by atoms with Gasteiger partial charge < -0.3 is 5.11 Å². The Hall–Kier alpha value is -0.960. The Morgan fingerprint density at radius 3 is 2.24 bits per heavy atom. The van der Waals surface area contributed by atoms with Gasteiger partial charge in [0.25, 0.3) is 0 Å². The Labute approximate surface area is 136 Å². The van der Waals surface area contributed by atoms with E-state index in [1.165, 1.54) is 0 Å². The van der Waals surface area contributed by atoms with Gasteiger partial charge in [-0.15, -0.1) is 23.2 Å². The first-order valence-electron chi connectivity index (χ1n) is 7.17. The van der Waals surface area contributed by atoms with Crippen LogP contribution in [-0.2, 0) is 6.54 Å². The molecular formula is C17H21Cl2NO. The highest BCUT2D eigenvalue weighted by molar-refractivity contribution is 6.21. The first-order chi connectivity index (χ1) is 9.97. The summed E-state index contributed by atoms with van der Waals surface area (Å²) in [5.41, 5.74) is 0.906. The number of hydrogen-bond acceptors (Lipinski definition) is 2. The van der Waals surface area contributed by atoms with Crippen molar-refractivity contribution in [3.8, 4) is 5.75 Å². The van der Waals surface area contributed by atoms with Crippen molar-refractivity contribution in [2.45, 2.75) is 31.1 Å². The van der Waals surface area contributed by atoms with Gasteiger partial charge in [0.2, 0.25) is 0 Å². The zero-order valence-electron chi connectivity index (χ0n) is 12.4. The zero-order chi connectivity index (χ0) is 15.4. The number of phenolic OH excluding ortho intramolecular Hbond substituents is 1. The number of aromatic hydroxyl groups is 1. The second kappa shape index (κ2) is 7.35. The number of nitrogens with zero attached hydrogens (tertiary/aromatic N) is 1. The van der Waals surface area contributed by atoms with Crippen molar-refractivity contribution in [3.05, 3.63) is 42.0 Å². The SMILES string of the molecule is C[C@@H](Cl)CN(Cc1ccc2ccccc2c1O)C[C@@H](C)Cl. The van der Waals surface area contributed by atoms with Gasteiger partial charge in [-0.1, -0.05) is 36.4 Å². The largest absolute Gasteiger partial charge is 0.507 e. The van der Waals surface area contributed by atoms with Gasteiger partial charge in [0.05, 0.1) is 0 Å². The third-order valence-electron chi connectivity index (χ3n) is 3.40. The zero-order valence-corrected chi connectivity index (χ0v) is 13.9. The standard InChI is InChI=1S/C17H21Cl2NO/c1-12(18)9-20(10-13(2)19)11-15-8-7-14-5-3-4-6-16(14)17(15)21/h3-8,12-13,21H,9-11H2,1-2H3/t12-,13-/m1/s1. The maximum Gasteiger partial charge on any atom is 0.127 e. The number of phenols is 1. The van der Waals surface area contributed by atoms with E-state index in [-0.39, 0.29) is 10.8 Å². The van der Waals surface area contributed by atoms with Crippen LogP contribution in [0.3, 0.4) is 0 Å². The molecule has 0 unspecified atom stereocenters. The van der Waals surface area contributed by atoms with E-state index in [1.807, 2.05) is 50.2 Å². The fraction of sp³-hybridized carbons (Fsp3) is 0.412. The van der Waals surface area contributed by atoms with E-state index in [0.29, 0.717) is 12.3 Å². The Bertz CT molecular complexity index is 588. The molecule has 0 aliphatic rings. The molecule has 0 aliphatic heterocycles. The molecule has 114 valence electrons. The molecule has 21 heavy (non-hydrogen) atoms. The summed E-state index contributed by atoms with van der Waals surface area (Å²) in [6, 6.07) is 11.9. The number of benzene rings is 2. The summed E-state index contributed by atoms with van der Waals surface area (Å²) in [6.07, 6.45) is 0. The van der Waals surface area contributed by atoms with Gasteiger partial charge in [-0.25, -0.2) is 0 Å². The second-order valence-electron chi connectivity index (χ2n) is 5.55. The normalized spacial score (nSPS) is 14.5. The molecule has 0 bridgehead atoms. The van der Waals surface area contributed by atoms with Crippen LogP contribution in [0.5, 0.6) is 5.75 Å². The summed E-state index contributed by atoms with van der Waals surface area (Å²) in [6.45, 7) is 6.06. The van der Waals surface area contributed by atoms with Crippen LogP contribution in [0.4, 0.5) is 0 Å². The van der Waals surface area contributed by atoms with E-state index < -0.39 is 0 Å². The van der Waals surface area contributed by atoms with Crippen LogP contribution in [0.25, 0.3) is 10.8 Å². The first kappa shape index (κ1) is 16.4. The topological polar surface area (TPSA) is 23.5 Å². The third kappa shape index (κ3) is 4.50. The molecule has 1 N–H and O–H groups in total. The smallest absolute Gasteiger partial charge is 0.127 e. The first-order valence-corrected chi connectivity index (χ1v) is 8.04. The molecule has 0 radical (unpaired) electrons. The van der Waals surface area contributed by atoms with Crippen molar-refractivity contribution in [2.24, 2.45) is 0 Å². The fourth-order valence-electron chi connectivity index (χ4n) is 2.58. The molecule has 2 atom stereocenters. The van der Waals surface area contributed by atoms with Crippen LogP contribution in [-0.4, -0.2) is 33.9 Å². The van der Waals surface area contributed by atoms with Crippen LogP contribution in [0, 0.1) is 0 Å². The van der Waals surface area contributed by atoms with Gasteiger partial charge in [0.1, 0.15) is 5.75 Å². The van der Waals surface area contributed by atoms with Crippen LogP contribution in [0.15, 0.2) is 36.4 Å². The molecule has 4 heteroatoms. The Morgan fingerprint density at radius 1 is 1.00 bits per heavy atom. The summed E-state index contributed by atoms with van der Waals surface area (Å²) in [4.78, 5) is 2.18. The number of rotatable bonds is 6. The van der Waals surface area contributed by atoms with Crippen LogP contribution in [0.2, 0.25) is 0 Å². The van der Waals surface area contributed by atoms with E-state index >= 15 is 0 Å². The van der Waals surface area contributed by atoms with Crippen molar-refractivity contribution < 1.29 is 5.11 Å². The molecular weight excluding hydrogens is 305 g/mol. The lowest BCUT2D eigenvalue weighted by Gasteiger charge is -2.25. The highest BCUT2D eigenvalue weighted by Crippen LogP contribution is 2.29. The molecule has 2 nitrogen and oxygen atoms in total. The van der Waals surface area contributed by atoms with E-state index in [1.54, 1.807) is 0 Å². The maximum atomic E-state index is 10.5. The van der Waals surface area contributed by atoms with E-state index in [2.05, 4.69) is 4.90 Å². The summed E-state index contributed by atoms with van der Waals surface area (Å²) in [7, 11) is 0. The van der Waals surface area contributed by atoms with Gasteiger partial charge in [0.15, 0.2) is 0 Å². The minimum Gasteiger partial charge on any atom is -0.507 e. The summed E-state index contributed by atoms with van der Waals surface area (Å²) in [5.74, 6) is 0.350. The molecule has 0 heterocycles. The molecule has 2 aromatic carbocycles. The van der Waals surface area contributed by atoms with Crippen molar-refractivity contribution in [1.29, 1.82) is 0 Å². The lowest BCUT2D eigenvalue weighted by Crippen LogP contribution is -2.33. The molecule has 0 saturated carbocycles. The van der Waals surface area contributed by atoms with Gasteiger partial charge in [-0.05, 0) is 19.2 Å². The quantitative estimate of drug-likeness (QED) is 0.784. The highest BCUT2D eigenvalue weighted by Gasteiger charge is 2.15. The molecule has 2 aromatic rings. The Morgan fingerprint density at radius 2 is 1.62 bits per heavy atom. The number of halogens is 2. The predicted molar refractivity (Wildman–Crippen MR) is 91.5 cm³/mol. The fourth-order valence-corrected chi connectivity index (χ4v) is 2.97. The highest BCUT2D eigenvalue weighted by atomic mass is 35.5. The van der Waals surface area contributed by atoms with Gasteiger partial charge in [-0.2, -0.15) is 0 Å². The monoisotopic (exact) mass is 325 g/mol. The summed E-state index contributed by atoms with van der Waals surface area (Å²) in [5, 5.41) is 12.5. The van der Waals surface area contributed by atoms with Crippen LogP contribution >= 0.6 is 23.2 Å². The molecule has 0 saturated heterocycles. The van der Waals surface area contributed by atoms with Gasteiger partial charge in [0, 0.05) is 41.3 Å². The van der Waals surface area contributed by atoms with Gasteiger partial charge in [-0.3, -0.25) is 4.90 Å². The molecule has 0 amide bonds. The van der Waals surface area contributed by atoms with E-state index in [4.69, 9.17) is 23.2 Å². The summed E-state index contributed by atoms with van der Waals surface area (Å²) < 4.78 is 0. The van der Waals surface area contributed by atoms with Crippen LogP contribution < -0.4 is 0 Å². The molecule has 0 fully saturated rings. The second-order valence-corrected chi connectivity index (χ2v) is 7.04. The van der Waals surface area contributed by atoms with E-state index in [0.717, 1.165) is 29.4 Å². The average molecular weight is 326 g/mol. The van der Waals surface area contributed by atoms with Crippen molar-refractivity contribution in [2.75, 3.05) is 13.1 Å². The van der Waals surface area contributed by atoms with Crippen molar-refractivity contribution in [3.63, 3.8) is 0 Å². The third-order valence-corrected chi connectivity index (χ3v) is 3.67. The lowest BCUT2D eigenvalue weighted by atomic mass is 10.0. The number of hydrogen-bond donors (Lipinski definition) is 1. The average Bonchev–Trinajstić information content (AvgIpc) is 2.41.